The number of thiophene rings is 1. The fourth-order valence-corrected chi connectivity index (χ4v) is 4.70. The second-order valence-electron chi connectivity index (χ2n) is 6.25. The van der Waals surface area contributed by atoms with Crippen LogP contribution in [0.5, 0.6) is 0 Å². The van der Waals surface area contributed by atoms with Crippen LogP contribution >= 0.6 is 22.9 Å². The zero-order chi connectivity index (χ0) is 18.8. The molecule has 3 rings (SSSR count). The number of amides is 3. The molecular weight excluding hydrogens is 372 g/mol. The van der Waals surface area contributed by atoms with E-state index in [1.54, 1.807) is 24.3 Å². The van der Waals surface area contributed by atoms with E-state index in [1.807, 2.05) is 7.05 Å². The highest BCUT2D eigenvalue weighted by Crippen LogP contribution is 2.42. The number of benzene rings is 1. The van der Waals surface area contributed by atoms with Crippen molar-refractivity contribution in [2.45, 2.75) is 25.8 Å². The van der Waals surface area contributed by atoms with Crippen molar-refractivity contribution in [1.29, 1.82) is 0 Å². The van der Waals surface area contributed by atoms with Gasteiger partial charge in [0.1, 0.15) is 5.00 Å². The van der Waals surface area contributed by atoms with E-state index in [-0.39, 0.29) is 6.04 Å². The summed E-state index contributed by atoms with van der Waals surface area (Å²) in [7, 11) is 2.04. The van der Waals surface area contributed by atoms with Gasteiger partial charge in [0.25, 0.3) is 5.91 Å². The molecule has 0 saturated carbocycles. The summed E-state index contributed by atoms with van der Waals surface area (Å²) in [6, 6.07) is 6.51. The van der Waals surface area contributed by atoms with Crippen LogP contribution in [0.25, 0.3) is 0 Å². The minimum absolute atomic E-state index is 0.132. The fourth-order valence-electron chi connectivity index (χ4n) is 3.33. The van der Waals surface area contributed by atoms with Gasteiger partial charge in [-0.15, -0.1) is 11.3 Å². The highest BCUT2D eigenvalue weighted by molar-refractivity contribution is 7.17. The molecule has 3 amide bonds. The van der Waals surface area contributed by atoms with Crippen LogP contribution in [0, 0.1) is 0 Å². The Morgan fingerprint density at radius 3 is 2.62 bits per heavy atom. The third-order valence-corrected chi connectivity index (χ3v) is 5.97. The van der Waals surface area contributed by atoms with Gasteiger partial charge in [0.15, 0.2) is 0 Å². The summed E-state index contributed by atoms with van der Waals surface area (Å²) in [5.74, 6) is -0.516. The van der Waals surface area contributed by atoms with E-state index >= 15 is 0 Å². The number of carbonyl (C=O) groups is 2. The number of carbonyl (C=O) groups excluding carboxylic acids is 2. The normalized spacial score (nSPS) is 16.8. The summed E-state index contributed by atoms with van der Waals surface area (Å²) >= 11 is 7.28. The van der Waals surface area contributed by atoms with Gasteiger partial charge in [-0.1, -0.05) is 18.5 Å². The van der Waals surface area contributed by atoms with Crippen LogP contribution < -0.4 is 16.4 Å². The van der Waals surface area contributed by atoms with Crippen molar-refractivity contribution in [3.8, 4) is 0 Å². The number of halogens is 1. The Hall–Kier alpha value is -2.09. The molecule has 2 heterocycles. The Morgan fingerprint density at radius 1 is 1.31 bits per heavy atom. The summed E-state index contributed by atoms with van der Waals surface area (Å²) in [4.78, 5) is 27.8. The minimum Gasteiger partial charge on any atom is -0.365 e. The number of nitrogens with zero attached hydrogens (tertiary/aromatic N) is 1. The Labute approximate surface area is 161 Å². The van der Waals surface area contributed by atoms with Crippen molar-refractivity contribution in [3.05, 3.63) is 45.3 Å². The summed E-state index contributed by atoms with van der Waals surface area (Å²) in [5, 5.41) is 6.61. The summed E-state index contributed by atoms with van der Waals surface area (Å²) < 4.78 is 0. The molecule has 0 radical (unpaired) electrons. The first kappa shape index (κ1) is 18.7. The second kappa shape index (κ2) is 7.65. The fraction of sp³-hybridized carbons (Fsp3) is 0.333. The lowest BCUT2D eigenvalue weighted by atomic mass is 9.94. The minimum atomic E-state index is -0.516. The lowest BCUT2D eigenvalue weighted by Gasteiger charge is -2.32. The van der Waals surface area contributed by atoms with Gasteiger partial charge in [-0.3, -0.25) is 15.0 Å². The van der Waals surface area contributed by atoms with Crippen molar-refractivity contribution in [1.82, 2.24) is 4.90 Å². The highest BCUT2D eigenvalue weighted by Gasteiger charge is 2.32. The molecule has 1 atom stereocenters. The van der Waals surface area contributed by atoms with Crippen LogP contribution in [0.4, 0.5) is 15.5 Å². The van der Waals surface area contributed by atoms with Gasteiger partial charge in [-0.25, -0.2) is 4.79 Å². The molecule has 0 saturated heterocycles. The zero-order valence-electron chi connectivity index (χ0n) is 14.6. The van der Waals surface area contributed by atoms with Gasteiger partial charge in [0, 0.05) is 28.2 Å². The van der Waals surface area contributed by atoms with E-state index in [4.69, 9.17) is 17.3 Å². The summed E-state index contributed by atoms with van der Waals surface area (Å²) in [5.41, 5.74) is 7.65. The SMILES string of the molecule is CCC1c2c(sc(NC(=O)Nc3ccc(Cl)cc3)c2C(N)=O)CCN1C. The number of urea groups is 1. The van der Waals surface area contributed by atoms with Crippen molar-refractivity contribution in [2.75, 3.05) is 24.2 Å². The zero-order valence-corrected chi connectivity index (χ0v) is 16.2. The number of rotatable bonds is 4. The van der Waals surface area contributed by atoms with E-state index in [0.29, 0.717) is 21.3 Å². The van der Waals surface area contributed by atoms with Gasteiger partial charge in [0.05, 0.1) is 5.56 Å². The smallest absolute Gasteiger partial charge is 0.324 e. The lowest BCUT2D eigenvalue weighted by molar-refractivity contribution is 0.0997. The molecule has 0 bridgehead atoms. The predicted octanol–water partition coefficient (Wildman–Crippen LogP) is 4.08. The summed E-state index contributed by atoms with van der Waals surface area (Å²) in [6.45, 7) is 3.00. The third kappa shape index (κ3) is 3.70. The van der Waals surface area contributed by atoms with E-state index in [0.717, 1.165) is 29.8 Å². The van der Waals surface area contributed by atoms with Crippen molar-refractivity contribution < 1.29 is 9.59 Å². The third-order valence-electron chi connectivity index (χ3n) is 4.54. The van der Waals surface area contributed by atoms with Gasteiger partial charge in [0.2, 0.25) is 0 Å². The first-order valence-corrected chi connectivity index (χ1v) is 9.59. The second-order valence-corrected chi connectivity index (χ2v) is 7.79. The first-order chi connectivity index (χ1) is 12.4. The first-order valence-electron chi connectivity index (χ1n) is 8.39. The number of fused-ring (bicyclic) bond motifs is 1. The van der Waals surface area contributed by atoms with Crippen LogP contribution in [-0.2, 0) is 6.42 Å². The van der Waals surface area contributed by atoms with E-state index in [1.165, 1.54) is 11.3 Å². The molecule has 0 aliphatic carbocycles. The van der Waals surface area contributed by atoms with E-state index in [9.17, 15) is 9.59 Å². The standard InChI is InChI=1S/C18H21ClN4O2S/c1-3-12-14-13(8-9-23(12)2)26-17(15(14)16(20)24)22-18(25)21-11-6-4-10(19)5-7-11/h4-7,12H,3,8-9H2,1-2H3,(H2,20,24)(H2,21,22,25). The topological polar surface area (TPSA) is 87.5 Å². The molecule has 26 heavy (non-hydrogen) atoms. The largest absolute Gasteiger partial charge is 0.365 e. The lowest BCUT2D eigenvalue weighted by Crippen LogP contribution is -2.32. The van der Waals surface area contributed by atoms with Crippen LogP contribution in [0.1, 0.15) is 40.2 Å². The number of primary amides is 1. The van der Waals surface area contributed by atoms with Gasteiger partial charge < -0.3 is 11.1 Å². The maximum absolute atomic E-state index is 12.4. The molecule has 6 nitrogen and oxygen atoms in total. The molecule has 1 aliphatic rings. The molecule has 1 aromatic heterocycles. The predicted molar refractivity (Wildman–Crippen MR) is 106 cm³/mol. The molecule has 1 aliphatic heterocycles. The maximum Gasteiger partial charge on any atom is 0.324 e. The monoisotopic (exact) mass is 392 g/mol. The Balaban J connectivity index is 1.87. The van der Waals surface area contributed by atoms with Crippen LogP contribution in [0.15, 0.2) is 24.3 Å². The molecule has 2 aromatic rings. The van der Waals surface area contributed by atoms with E-state index < -0.39 is 11.9 Å². The molecule has 0 fully saturated rings. The number of nitrogens with two attached hydrogens (primary N) is 1. The van der Waals surface area contributed by atoms with Gasteiger partial charge in [-0.05, 0) is 49.7 Å². The molecule has 0 spiro atoms. The van der Waals surface area contributed by atoms with Crippen LogP contribution in [0.2, 0.25) is 5.02 Å². The van der Waals surface area contributed by atoms with Crippen molar-refractivity contribution in [2.24, 2.45) is 5.73 Å². The average molecular weight is 393 g/mol. The Bertz CT molecular complexity index is 834. The Morgan fingerprint density at radius 2 is 2.00 bits per heavy atom. The molecular formula is C18H21ClN4O2S. The van der Waals surface area contributed by atoms with Gasteiger partial charge in [-0.2, -0.15) is 0 Å². The van der Waals surface area contributed by atoms with Gasteiger partial charge >= 0.3 is 6.03 Å². The number of hydrogen-bond donors (Lipinski definition) is 3. The maximum atomic E-state index is 12.4. The summed E-state index contributed by atoms with van der Waals surface area (Å²) in [6.07, 6.45) is 1.71. The molecule has 138 valence electrons. The average Bonchev–Trinajstić information content (AvgIpc) is 2.95. The molecule has 4 N–H and O–H groups in total. The quantitative estimate of drug-likeness (QED) is 0.732. The molecule has 1 aromatic carbocycles. The molecule has 1 unspecified atom stereocenters. The number of nitrogens with one attached hydrogen (secondary N) is 2. The Kier molecular flexibility index (Phi) is 5.50. The number of hydrogen-bond acceptors (Lipinski definition) is 4. The highest BCUT2D eigenvalue weighted by atomic mass is 35.5. The van der Waals surface area contributed by atoms with Crippen LogP contribution in [-0.4, -0.2) is 30.4 Å². The number of anilines is 2. The van der Waals surface area contributed by atoms with Crippen molar-refractivity contribution >= 4 is 45.6 Å². The number of likely N-dealkylation sites (N-methyl/N-ethyl adjacent to an activating group) is 1. The van der Waals surface area contributed by atoms with Crippen molar-refractivity contribution in [3.63, 3.8) is 0 Å². The molecule has 8 heteroatoms. The van der Waals surface area contributed by atoms with Crippen LogP contribution in [0.3, 0.4) is 0 Å². The van der Waals surface area contributed by atoms with E-state index in [2.05, 4.69) is 22.5 Å².